The topological polar surface area (TPSA) is 12.0 Å². The number of hydrogen-bond donors (Lipinski definition) is 1. The van der Waals surface area contributed by atoms with E-state index in [9.17, 15) is 0 Å². The molecular formula is C9H21N. The van der Waals surface area contributed by atoms with Crippen molar-refractivity contribution in [2.24, 2.45) is 11.3 Å². The van der Waals surface area contributed by atoms with Gasteiger partial charge in [-0.25, -0.2) is 0 Å². The van der Waals surface area contributed by atoms with Crippen LogP contribution in [-0.4, -0.2) is 13.1 Å². The molecule has 2 atom stereocenters. The molecule has 0 heterocycles. The zero-order valence-corrected chi connectivity index (χ0v) is 8.15. The van der Waals surface area contributed by atoms with Crippen molar-refractivity contribution in [3.8, 4) is 0 Å². The van der Waals surface area contributed by atoms with Crippen molar-refractivity contribution < 1.29 is 0 Å². The van der Waals surface area contributed by atoms with Gasteiger partial charge in [0.15, 0.2) is 0 Å². The molecule has 1 N–H and O–H groups in total. The molecule has 62 valence electrons. The maximum Gasteiger partial charge on any atom is 0.00663 e. The second-order valence-corrected chi connectivity index (χ2v) is 4.23. The Morgan fingerprint density at radius 3 is 1.60 bits per heavy atom. The summed E-state index contributed by atoms with van der Waals surface area (Å²) in [5.74, 6) is 0.720. The third-order valence-electron chi connectivity index (χ3n) is 2.57. The molecule has 0 aliphatic carbocycles. The lowest BCUT2D eigenvalue weighted by Gasteiger charge is -2.32. The fraction of sp³-hybridized carbons (Fsp3) is 1.00. The zero-order chi connectivity index (χ0) is 8.36. The van der Waals surface area contributed by atoms with Gasteiger partial charge in [-0.1, -0.05) is 27.7 Å². The Labute approximate surface area is 65.2 Å². The van der Waals surface area contributed by atoms with Crippen LogP contribution < -0.4 is 5.32 Å². The lowest BCUT2D eigenvalue weighted by Crippen LogP contribution is -2.36. The summed E-state index contributed by atoms with van der Waals surface area (Å²) in [7, 11) is 2.02. The van der Waals surface area contributed by atoms with E-state index in [-0.39, 0.29) is 0 Å². The van der Waals surface area contributed by atoms with Crippen LogP contribution in [0.5, 0.6) is 0 Å². The summed E-state index contributed by atoms with van der Waals surface area (Å²) in [5.41, 5.74) is 0.419. The summed E-state index contributed by atoms with van der Waals surface area (Å²) in [4.78, 5) is 0. The highest BCUT2D eigenvalue weighted by Crippen LogP contribution is 2.27. The van der Waals surface area contributed by atoms with E-state index >= 15 is 0 Å². The summed E-state index contributed by atoms with van der Waals surface area (Å²) < 4.78 is 0. The first-order valence-corrected chi connectivity index (χ1v) is 4.07. The van der Waals surface area contributed by atoms with Crippen LogP contribution in [0, 0.1) is 11.3 Å². The highest BCUT2D eigenvalue weighted by molar-refractivity contribution is 4.77. The largest absolute Gasteiger partial charge is 0.317 e. The number of hydrogen-bond acceptors (Lipinski definition) is 1. The molecule has 0 rings (SSSR count). The molecule has 0 aromatic rings. The van der Waals surface area contributed by atoms with Crippen molar-refractivity contribution >= 4 is 0 Å². The lowest BCUT2D eigenvalue weighted by atomic mass is 9.78. The summed E-state index contributed by atoms with van der Waals surface area (Å²) >= 11 is 0. The monoisotopic (exact) mass is 143 g/mol. The number of nitrogens with one attached hydrogen (secondary N) is 1. The van der Waals surface area contributed by atoms with E-state index in [4.69, 9.17) is 0 Å². The van der Waals surface area contributed by atoms with Crippen LogP contribution >= 0.6 is 0 Å². The molecule has 0 aromatic carbocycles. The summed E-state index contributed by atoms with van der Waals surface area (Å²) in [6.45, 7) is 11.4. The van der Waals surface area contributed by atoms with E-state index in [0.717, 1.165) is 5.92 Å². The molecule has 0 spiro atoms. The molecule has 0 aliphatic rings. The van der Waals surface area contributed by atoms with Gasteiger partial charge in [-0.3, -0.25) is 0 Å². The van der Waals surface area contributed by atoms with E-state index in [1.807, 2.05) is 7.05 Å². The summed E-state index contributed by atoms with van der Waals surface area (Å²) in [6.07, 6.45) is 0. The first-order chi connectivity index (χ1) is 4.39. The minimum atomic E-state index is 0.419. The van der Waals surface area contributed by atoms with Crippen LogP contribution in [0.15, 0.2) is 0 Å². The van der Waals surface area contributed by atoms with Gasteiger partial charge in [-0.05, 0) is 25.3 Å². The molecule has 1 nitrogen and oxygen atoms in total. The Hall–Kier alpha value is -0.0400. The lowest BCUT2D eigenvalue weighted by molar-refractivity contribution is 0.212. The van der Waals surface area contributed by atoms with Gasteiger partial charge >= 0.3 is 0 Å². The van der Waals surface area contributed by atoms with Gasteiger partial charge in [0, 0.05) is 6.04 Å². The van der Waals surface area contributed by atoms with Gasteiger partial charge in [0.1, 0.15) is 0 Å². The molecule has 1 heteroatoms. The Bertz CT molecular complexity index is 91.4. The Balaban J connectivity index is 3.94. The highest BCUT2D eigenvalue weighted by Gasteiger charge is 2.23. The van der Waals surface area contributed by atoms with Crippen molar-refractivity contribution in [1.82, 2.24) is 5.32 Å². The van der Waals surface area contributed by atoms with Gasteiger partial charge in [0.2, 0.25) is 0 Å². The minimum Gasteiger partial charge on any atom is -0.317 e. The van der Waals surface area contributed by atoms with Crippen LogP contribution in [0.1, 0.15) is 34.6 Å². The highest BCUT2D eigenvalue weighted by atomic mass is 14.9. The predicted molar refractivity (Wildman–Crippen MR) is 47.1 cm³/mol. The van der Waals surface area contributed by atoms with Crippen molar-refractivity contribution in [1.29, 1.82) is 0 Å². The van der Waals surface area contributed by atoms with Crippen LogP contribution in [-0.2, 0) is 0 Å². The maximum absolute atomic E-state index is 3.27. The quantitative estimate of drug-likeness (QED) is 0.625. The second-order valence-electron chi connectivity index (χ2n) is 4.23. The second kappa shape index (κ2) is 3.38. The molecular weight excluding hydrogens is 122 g/mol. The Morgan fingerprint density at radius 2 is 1.50 bits per heavy atom. The van der Waals surface area contributed by atoms with Crippen molar-refractivity contribution in [2.75, 3.05) is 7.05 Å². The van der Waals surface area contributed by atoms with Gasteiger partial charge in [-0.2, -0.15) is 0 Å². The first-order valence-electron chi connectivity index (χ1n) is 4.07. The Morgan fingerprint density at radius 1 is 1.10 bits per heavy atom. The fourth-order valence-corrected chi connectivity index (χ4v) is 1.00. The van der Waals surface area contributed by atoms with Crippen LogP contribution in [0.4, 0.5) is 0 Å². The standard InChI is InChI=1S/C9H21N/c1-7(8(2)10-6)9(3,4)5/h7-8,10H,1-6H3/t7-,8+/m0/s1. The minimum absolute atomic E-state index is 0.419. The molecule has 0 fully saturated rings. The van der Waals surface area contributed by atoms with E-state index < -0.39 is 0 Å². The van der Waals surface area contributed by atoms with Gasteiger partial charge in [0.05, 0.1) is 0 Å². The van der Waals surface area contributed by atoms with Gasteiger partial charge in [-0.15, -0.1) is 0 Å². The summed E-state index contributed by atoms with van der Waals surface area (Å²) in [5, 5.41) is 3.27. The van der Waals surface area contributed by atoms with Crippen LogP contribution in [0.25, 0.3) is 0 Å². The predicted octanol–water partition coefficient (Wildman–Crippen LogP) is 2.28. The van der Waals surface area contributed by atoms with Gasteiger partial charge in [0.25, 0.3) is 0 Å². The van der Waals surface area contributed by atoms with Crippen molar-refractivity contribution in [2.45, 2.75) is 40.7 Å². The molecule has 0 radical (unpaired) electrons. The average Bonchev–Trinajstić information content (AvgIpc) is 1.83. The average molecular weight is 143 g/mol. The molecule has 0 aliphatic heterocycles. The number of rotatable bonds is 2. The first kappa shape index (κ1) is 9.96. The summed E-state index contributed by atoms with van der Waals surface area (Å²) in [6, 6.07) is 0.611. The molecule has 0 unspecified atom stereocenters. The van der Waals surface area contributed by atoms with Crippen molar-refractivity contribution in [3.05, 3.63) is 0 Å². The Kier molecular flexibility index (Phi) is 3.37. The molecule has 0 bridgehead atoms. The van der Waals surface area contributed by atoms with E-state index in [1.165, 1.54) is 0 Å². The van der Waals surface area contributed by atoms with Gasteiger partial charge < -0.3 is 5.32 Å². The third kappa shape index (κ3) is 2.70. The smallest absolute Gasteiger partial charge is 0.00663 e. The van der Waals surface area contributed by atoms with E-state index in [1.54, 1.807) is 0 Å². The fourth-order valence-electron chi connectivity index (χ4n) is 1.00. The van der Waals surface area contributed by atoms with E-state index in [0.29, 0.717) is 11.5 Å². The SMILES string of the molecule is CN[C@H](C)[C@H](C)C(C)(C)C. The molecule has 0 saturated carbocycles. The third-order valence-corrected chi connectivity index (χ3v) is 2.57. The maximum atomic E-state index is 3.27. The molecule has 0 amide bonds. The zero-order valence-electron chi connectivity index (χ0n) is 8.15. The molecule has 10 heavy (non-hydrogen) atoms. The van der Waals surface area contributed by atoms with Crippen LogP contribution in [0.3, 0.4) is 0 Å². The molecule has 0 aromatic heterocycles. The normalized spacial score (nSPS) is 18.6. The van der Waals surface area contributed by atoms with Crippen LogP contribution in [0.2, 0.25) is 0 Å². The van der Waals surface area contributed by atoms with E-state index in [2.05, 4.69) is 39.9 Å². The van der Waals surface area contributed by atoms with Crippen molar-refractivity contribution in [3.63, 3.8) is 0 Å². The molecule has 0 saturated heterocycles.